The van der Waals surface area contributed by atoms with Crippen molar-refractivity contribution in [3.8, 4) is 0 Å². The van der Waals surface area contributed by atoms with Gasteiger partial charge in [-0.1, -0.05) is 47.5 Å². The van der Waals surface area contributed by atoms with E-state index in [0.717, 1.165) is 0 Å². The van der Waals surface area contributed by atoms with Gasteiger partial charge in [0.2, 0.25) is 0 Å². The number of esters is 1. The lowest BCUT2D eigenvalue weighted by atomic mass is 10.3. The Morgan fingerprint density at radius 3 is 2.75 bits per heavy atom. The molecule has 0 atom stereocenters. The van der Waals surface area contributed by atoms with Crippen molar-refractivity contribution < 1.29 is 14.3 Å². The predicted molar refractivity (Wildman–Crippen MR) is 80.0 cm³/mol. The molecule has 0 fully saturated rings. The first-order chi connectivity index (χ1) is 9.54. The van der Waals surface area contributed by atoms with E-state index in [4.69, 9.17) is 27.9 Å². The Bertz CT molecular complexity index is 553. The van der Waals surface area contributed by atoms with Gasteiger partial charge in [0.1, 0.15) is 0 Å². The van der Waals surface area contributed by atoms with Gasteiger partial charge in [0, 0.05) is 6.08 Å². The number of allylic oxidation sites excluding steroid dienone is 3. The van der Waals surface area contributed by atoms with Gasteiger partial charge in [-0.15, -0.1) is 0 Å². The van der Waals surface area contributed by atoms with Crippen molar-refractivity contribution in [1.29, 1.82) is 0 Å². The zero-order valence-electron chi connectivity index (χ0n) is 10.7. The van der Waals surface area contributed by atoms with Crippen molar-refractivity contribution in [2.24, 2.45) is 0 Å². The van der Waals surface area contributed by atoms with Crippen LogP contribution in [0.15, 0.2) is 42.5 Å². The number of carbonyl (C=O) groups is 2. The van der Waals surface area contributed by atoms with Gasteiger partial charge in [-0.2, -0.15) is 0 Å². The van der Waals surface area contributed by atoms with Crippen molar-refractivity contribution >= 4 is 40.8 Å². The third-order valence-electron chi connectivity index (χ3n) is 2.11. The first-order valence-corrected chi connectivity index (χ1v) is 6.50. The summed E-state index contributed by atoms with van der Waals surface area (Å²) in [5.41, 5.74) is 0.365. The maximum atomic E-state index is 11.6. The summed E-state index contributed by atoms with van der Waals surface area (Å²) in [6, 6.07) is 4.85. The summed E-state index contributed by atoms with van der Waals surface area (Å²) in [5, 5.41) is 3.07. The summed E-state index contributed by atoms with van der Waals surface area (Å²) >= 11 is 11.7. The highest BCUT2D eigenvalue weighted by Gasteiger charge is 2.09. The van der Waals surface area contributed by atoms with E-state index in [-0.39, 0.29) is 5.02 Å². The van der Waals surface area contributed by atoms with Crippen LogP contribution < -0.4 is 5.32 Å². The topological polar surface area (TPSA) is 55.4 Å². The van der Waals surface area contributed by atoms with Crippen LogP contribution in [0.25, 0.3) is 0 Å². The van der Waals surface area contributed by atoms with Crippen LogP contribution in [0.5, 0.6) is 0 Å². The molecule has 6 heteroatoms. The van der Waals surface area contributed by atoms with E-state index in [0.29, 0.717) is 10.7 Å². The van der Waals surface area contributed by atoms with Crippen LogP contribution in [-0.2, 0) is 14.3 Å². The Morgan fingerprint density at radius 1 is 1.30 bits per heavy atom. The maximum absolute atomic E-state index is 11.6. The van der Waals surface area contributed by atoms with Crippen LogP contribution in [0.1, 0.15) is 6.92 Å². The van der Waals surface area contributed by atoms with E-state index in [2.05, 4.69) is 5.32 Å². The largest absolute Gasteiger partial charge is 0.452 e. The molecule has 0 radical (unpaired) electrons. The highest BCUT2D eigenvalue weighted by molar-refractivity contribution is 6.43. The number of rotatable bonds is 5. The molecule has 0 saturated heterocycles. The van der Waals surface area contributed by atoms with Crippen LogP contribution in [0, 0.1) is 0 Å². The zero-order valence-corrected chi connectivity index (χ0v) is 12.2. The molecular weight excluding hydrogens is 301 g/mol. The summed E-state index contributed by atoms with van der Waals surface area (Å²) in [4.78, 5) is 22.8. The first kappa shape index (κ1) is 16.3. The quantitative estimate of drug-likeness (QED) is 0.513. The predicted octanol–water partition coefficient (Wildman–Crippen LogP) is 3.61. The summed E-state index contributed by atoms with van der Waals surface area (Å²) in [6.45, 7) is 1.42. The number of amides is 1. The fourth-order valence-electron chi connectivity index (χ4n) is 1.22. The van der Waals surface area contributed by atoms with Gasteiger partial charge in [0.05, 0.1) is 15.7 Å². The minimum atomic E-state index is -0.601. The Kier molecular flexibility index (Phi) is 6.84. The number of hydrogen-bond donors (Lipinski definition) is 1. The Hall–Kier alpha value is -1.78. The van der Waals surface area contributed by atoms with Crippen LogP contribution in [-0.4, -0.2) is 18.5 Å². The van der Waals surface area contributed by atoms with Crippen molar-refractivity contribution in [2.75, 3.05) is 11.9 Å². The molecular formula is C14H13Cl2NO3. The van der Waals surface area contributed by atoms with Gasteiger partial charge < -0.3 is 10.1 Å². The van der Waals surface area contributed by atoms with Gasteiger partial charge in [-0.25, -0.2) is 4.79 Å². The standard InChI is InChI=1S/C14H13Cl2NO3/c1-2-3-4-8-13(19)20-9-12(18)17-11-7-5-6-10(15)14(11)16/h2-8H,9H2,1H3,(H,17,18)/b3-2+,8-4+. The van der Waals surface area contributed by atoms with Crippen molar-refractivity contribution in [1.82, 2.24) is 0 Å². The van der Waals surface area contributed by atoms with Crippen LogP contribution in [0.3, 0.4) is 0 Å². The molecule has 0 aromatic heterocycles. The maximum Gasteiger partial charge on any atom is 0.331 e. The first-order valence-electron chi connectivity index (χ1n) is 5.74. The molecule has 0 unspecified atom stereocenters. The van der Waals surface area contributed by atoms with Gasteiger partial charge in [-0.3, -0.25) is 4.79 Å². The second-order valence-corrected chi connectivity index (χ2v) is 4.43. The van der Waals surface area contributed by atoms with E-state index in [9.17, 15) is 9.59 Å². The number of hydrogen-bond acceptors (Lipinski definition) is 3. The normalized spacial score (nSPS) is 10.9. The Labute approximate surface area is 127 Å². The lowest BCUT2D eigenvalue weighted by Gasteiger charge is -2.07. The van der Waals surface area contributed by atoms with Gasteiger partial charge in [0.15, 0.2) is 6.61 Å². The third-order valence-corrected chi connectivity index (χ3v) is 2.93. The van der Waals surface area contributed by atoms with Crippen LogP contribution in [0.2, 0.25) is 10.0 Å². The molecule has 0 heterocycles. The van der Waals surface area contributed by atoms with Gasteiger partial charge in [-0.05, 0) is 19.1 Å². The van der Waals surface area contributed by atoms with E-state index in [1.165, 1.54) is 12.2 Å². The molecule has 0 aliphatic heterocycles. The van der Waals surface area contributed by atoms with Gasteiger partial charge >= 0.3 is 5.97 Å². The minimum absolute atomic E-state index is 0.238. The van der Waals surface area contributed by atoms with Crippen molar-refractivity contribution in [2.45, 2.75) is 6.92 Å². The average Bonchev–Trinajstić information content (AvgIpc) is 2.42. The summed E-state index contributed by atoms with van der Waals surface area (Å²) in [5.74, 6) is -1.10. The molecule has 0 spiro atoms. The molecule has 1 N–H and O–H groups in total. The third kappa shape index (κ3) is 5.47. The SMILES string of the molecule is C/C=C/C=C/C(=O)OCC(=O)Nc1cccc(Cl)c1Cl. The molecule has 0 saturated carbocycles. The fourth-order valence-corrected chi connectivity index (χ4v) is 1.56. The number of benzene rings is 1. The molecule has 0 aliphatic carbocycles. The Balaban J connectivity index is 2.48. The number of nitrogens with one attached hydrogen (secondary N) is 1. The lowest BCUT2D eigenvalue weighted by molar-refractivity contribution is -0.142. The van der Waals surface area contributed by atoms with Crippen molar-refractivity contribution in [3.63, 3.8) is 0 Å². The molecule has 20 heavy (non-hydrogen) atoms. The number of carbonyl (C=O) groups excluding carboxylic acids is 2. The highest BCUT2D eigenvalue weighted by atomic mass is 35.5. The number of anilines is 1. The molecule has 106 valence electrons. The second-order valence-electron chi connectivity index (χ2n) is 3.64. The second kappa shape index (κ2) is 8.40. The molecule has 0 aliphatic rings. The monoisotopic (exact) mass is 313 g/mol. The van der Waals surface area contributed by atoms with Crippen molar-refractivity contribution in [3.05, 3.63) is 52.5 Å². The lowest BCUT2D eigenvalue weighted by Crippen LogP contribution is -2.20. The van der Waals surface area contributed by atoms with E-state index in [1.54, 1.807) is 30.4 Å². The molecule has 1 rings (SSSR count). The van der Waals surface area contributed by atoms with Crippen LogP contribution in [0.4, 0.5) is 5.69 Å². The molecule has 0 bridgehead atoms. The smallest absolute Gasteiger partial charge is 0.331 e. The van der Waals surface area contributed by atoms with E-state index in [1.807, 2.05) is 6.92 Å². The zero-order chi connectivity index (χ0) is 15.0. The number of ether oxygens (including phenoxy) is 1. The number of halogens is 2. The summed E-state index contributed by atoms with van der Waals surface area (Å²) in [6.07, 6.45) is 6.18. The molecule has 1 aromatic carbocycles. The minimum Gasteiger partial charge on any atom is -0.452 e. The summed E-state index contributed by atoms with van der Waals surface area (Å²) in [7, 11) is 0. The highest BCUT2D eigenvalue weighted by Crippen LogP contribution is 2.29. The fraction of sp³-hybridized carbons (Fsp3) is 0.143. The molecule has 4 nitrogen and oxygen atoms in total. The van der Waals surface area contributed by atoms with E-state index < -0.39 is 18.5 Å². The van der Waals surface area contributed by atoms with Gasteiger partial charge in [0.25, 0.3) is 5.91 Å². The summed E-state index contributed by atoms with van der Waals surface area (Å²) < 4.78 is 4.74. The Morgan fingerprint density at radius 2 is 2.05 bits per heavy atom. The molecule has 1 amide bonds. The van der Waals surface area contributed by atoms with E-state index >= 15 is 0 Å². The van der Waals surface area contributed by atoms with Crippen LogP contribution >= 0.6 is 23.2 Å². The molecule has 1 aromatic rings. The average molecular weight is 314 g/mol.